The molecule has 1 atom stereocenters. The van der Waals surface area contributed by atoms with E-state index in [1.54, 1.807) is 6.20 Å². The quantitative estimate of drug-likeness (QED) is 0.0841. The Hall–Kier alpha value is -5.67. The second-order valence-electron chi connectivity index (χ2n) is 13.2. The fraction of sp³-hybridized carbons (Fsp3) is 0.293. The number of aromatic nitrogens is 3. The predicted molar refractivity (Wildman–Crippen MR) is 203 cm³/mol. The summed E-state index contributed by atoms with van der Waals surface area (Å²) in [7, 11) is 0. The molecule has 0 aliphatic heterocycles. The van der Waals surface area contributed by atoms with Gasteiger partial charge in [-0.25, -0.2) is 9.97 Å². The van der Waals surface area contributed by atoms with E-state index >= 15 is 0 Å². The van der Waals surface area contributed by atoms with Crippen LogP contribution in [0.25, 0.3) is 44.6 Å². The number of carboxylic acid groups (broad SMARTS) is 1. The maximum Gasteiger partial charge on any atom is 0.304 e. The van der Waals surface area contributed by atoms with Crippen molar-refractivity contribution >= 4 is 39.5 Å². The minimum absolute atomic E-state index is 0.00388. The van der Waals surface area contributed by atoms with Crippen LogP contribution in [0, 0.1) is 25.2 Å². The van der Waals surface area contributed by atoms with Crippen molar-refractivity contribution in [3.05, 3.63) is 101 Å². The molecule has 3 aromatic heterocycles. The van der Waals surface area contributed by atoms with Gasteiger partial charge in [0, 0.05) is 54.7 Å². The molecule has 0 saturated heterocycles. The van der Waals surface area contributed by atoms with Crippen LogP contribution in [-0.4, -0.2) is 61.8 Å². The first-order chi connectivity index (χ1) is 25.2. The number of benzene rings is 3. The van der Waals surface area contributed by atoms with Gasteiger partial charge in [0.15, 0.2) is 11.4 Å². The minimum atomic E-state index is -0.835. The van der Waals surface area contributed by atoms with Gasteiger partial charge in [-0.1, -0.05) is 31.2 Å². The standard InChI is InChI=1S/C41H43N7O4/c1-5-15-48(16-13-37(50)51)23-28-17-31(20-42)39-36(19-28)47-41(52-39)34-10-6-8-32(26(34)3)33-9-7-11-35(27(33)4)46-40-38-30(12-14-43-40)18-29(22-45-38)21-44-25(2)24-49/h6-12,14,17-19,22,25,44,49H,5,13,15-16,21,23-24H2,1-4H3,(H,43,46)(H,50,51)/t25-/m1/s1. The first-order valence-corrected chi connectivity index (χ1v) is 17.5. The summed E-state index contributed by atoms with van der Waals surface area (Å²) in [6.45, 7) is 10.5. The molecule has 6 rings (SSSR count). The Balaban J connectivity index is 1.29. The van der Waals surface area contributed by atoms with E-state index in [9.17, 15) is 20.3 Å². The van der Waals surface area contributed by atoms with Crippen LogP contribution in [-0.2, 0) is 17.9 Å². The number of oxazole rings is 1. The van der Waals surface area contributed by atoms with Crippen molar-refractivity contribution in [2.75, 3.05) is 25.0 Å². The fourth-order valence-corrected chi connectivity index (χ4v) is 6.48. The summed E-state index contributed by atoms with van der Waals surface area (Å²) in [5.41, 5.74) is 9.89. The SMILES string of the molecule is CCCN(CCC(=O)O)Cc1cc(C#N)c2oc(-c3cccc(-c4cccc(Nc5nccc6cc(CN[C@H](C)CO)cnc56)c4C)c3C)nc2c1. The number of anilines is 2. The first kappa shape index (κ1) is 36.1. The molecule has 0 saturated carbocycles. The van der Waals surface area contributed by atoms with E-state index in [0.29, 0.717) is 48.0 Å². The van der Waals surface area contributed by atoms with E-state index in [1.165, 1.54) is 0 Å². The molecule has 0 amide bonds. The molecule has 6 aromatic rings. The zero-order valence-corrected chi connectivity index (χ0v) is 29.9. The van der Waals surface area contributed by atoms with Crippen LogP contribution in [0.15, 0.2) is 77.5 Å². The maximum absolute atomic E-state index is 11.2. The number of aliphatic carboxylic acids is 1. The van der Waals surface area contributed by atoms with Crippen molar-refractivity contribution in [1.29, 1.82) is 5.26 Å². The van der Waals surface area contributed by atoms with Crippen LogP contribution in [0.3, 0.4) is 0 Å². The lowest BCUT2D eigenvalue weighted by Gasteiger charge is -2.20. The topological polar surface area (TPSA) is 160 Å². The molecule has 52 heavy (non-hydrogen) atoms. The number of rotatable bonds is 15. The molecule has 0 bridgehead atoms. The van der Waals surface area contributed by atoms with Crippen molar-refractivity contribution in [2.24, 2.45) is 0 Å². The number of hydrogen-bond acceptors (Lipinski definition) is 10. The van der Waals surface area contributed by atoms with Crippen molar-refractivity contribution in [3.8, 4) is 28.7 Å². The Morgan fingerprint density at radius 2 is 1.77 bits per heavy atom. The number of nitriles is 1. The number of hydrogen-bond donors (Lipinski definition) is 4. The molecular formula is C41H43N7O4. The van der Waals surface area contributed by atoms with Gasteiger partial charge in [0.1, 0.15) is 17.1 Å². The van der Waals surface area contributed by atoms with E-state index in [4.69, 9.17) is 14.4 Å². The number of fused-ring (bicyclic) bond motifs is 2. The number of carbonyl (C=O) groups is 1. The van der Waals surface area contributed by atoms with Crippen molar-refractivity contribution in [2.45, 2.75) is 59.7 Å². The second kappa shape index (κ2) is 16.1. The zero-order chi connectivity index (χ0) is 36.8. The maximum atomic E-state index is 11.2. The molecule has 0 fully saturated rings. The Kier molecular flexibility index (Phi) is 11.2. The van der Waals surface area contributed by atoms with Crippen LogP contribution in [0.2, 0.25) is 0 Å². The molecule has 0 unspecified atom stereocenters. The van der Waals surface area contributed by atoms with Gasteiger partial charge in [0.25, 0.3) is 0 Å². The van der Waals surface area contributed by atoms with Crippen LogP contribution >= 0.6 is 0 Å². The van der Waals surface area contributed by atoms with Gasteiger partial charge in [-0.3, -0.25) is 14.7 Å². The van der Waals surface area contributed by atoms with Gasteiger partial charge in [-0.2, -0.15) is 5.26 Å². The van der Waals surface area contributed by atoms with E-state index in [2.05, 4.69) is 58.6 Å². The molecule has 11 heteroatoms. The average Bonchev–Trinajstić information content (AvgIpc) is 3.57. The highest BCUT2D eigenvalue weighted by Gasteiger charge is 2.19. The first-order valence-electron chi connectivity index (χ1n) is 17.5. The Morgan fingerprint density at radius 3 is 2.52 bits per heavy atom. The van der Waals surface area contributed by atoms with E-state index in [0.717, 1.165) is 68.5 Å². The highest BCUT2D eigenvalue weighted by molar-refractivity contribution is 5.91. The molecule has 11 nitrogen and oxygen atoms in total. The van der Waals surface area contributed by atoms with Gasteiger partial charge in [-0.15, -0.1) is 0 Å². The normalized spacial score (nSPS) is 12.0. The molecule has 0 aliphatic carbocycles. The third-order valence-corrected chi connectivity index (χ3v) is 9.28. The average molecular weight is 698 g/mol. The fourth-order valence-electron chi connectivity index (χ4n) is 6.48. The van der Waals surface area contributed by atoms with Crippen molar-refractivity contribution in [3.63, 3.8) is 0 Å². The van der Waals surface area contributed by atoms with Crippen LogP contribution in [0.4, 0.5) is 11.5 Å². The van der Waals surface area contributed by atoms with Crippen LogP contribution < -0.4 is 10.6 Å². The second-order valence-corrected chi connectivity index (χ2v) is 13.2. The summed E-state index contributed by atoms with van der Waals surface area (Å²) < 4.78 is 6.28. The van der Waals surface area contributed by atoms with E-state index < -0.39 is 5.97 Å². The van der Waals surface area contributed by atoms with Gasteiger partial charge in [-0.05, 0) is 104 Å². The van der Waals surface area contributed by atoms with E-state index in [-0.39, 0.29) is 19.1 Å². The summed E-state index contributed by atoms with van der Waals surface area (Å²) in [6, 6.07) is 22.2. The molecule has 3 aromatic carbocycles. The summed E-state index contributed by atoms with van der Waals surface area (Å²) >= 11 is 0. The lowest BCUT2D eigenvalue weighted by Crippen LogP contribution is -2.28. The van der Waals surface area contributed by atoms with Crippen molar-refractivity contribution < 1.29 is 19.4 Å². The molecule has 3 heterocycles. The number of nitrogens with zero attached hydrogens (tertiary/aromatic N) is 5. The lowest BCUT2D eigenvalue weighted by molar-refractivity contribution is -0.137. The van der Waals surface area contributed by atoms with Crippen molar-refractivity contribution in [1.82, 2.24) is 25.2 Å². The third-order valence-electron chi connectivity index (χ3n) is 9.28. The van der Waals surface area contributed by atoms with Crippen LogP contribution in [0.5, 0.6) is 0 Å². The third kappa shape index (κ3) is 7.95. The molecule has 0 aliphatic rings. The van der Waals surface area contributed by atoms with Gasteiger partial charge in [0.05, 0.1) is 18.6 Å². The Labute approximate surface area is 303 Å². The van der Waals surface area contributed by atoms with Crippen LogP contribution in [0.1, 0.15) is 54.5 Å². The predicted octanol–water partition coefficient (Wildman–Crippen LogP) is 7.49. The highest BCUT2D eigenvalue weighted by Crippen LogP contribution is 2.37. The number of pyridine rings is 2. The molecule has 266 valence electrons. The number of aliphatic hydroxyl groups excluding tert-OH is 1. The summed E-state index contributed by atoms with van der Waals surface area (Å²) in [5, 5.41) is 36.3. The lowest BCUT2D eigenvalue weighted by atomic mass is 9.93. The minimum Gasteiger partial charge on any atom is -0.481 e. The Bertz CT molecular complexity index is 2280. The molecular weight excluding hydrogens is 654 g/mol. The van der Waals surface area contributed by atoms with Gasteiger partial charge in [0.2, 0.25) is 5.89 Å². The largest absolute Gasteiger partial charge is 0.481 e. The van der Waals surface area contributed by atoms with Gasteiger partial charge >= 0.3 is 5.97 Å². The summed E-state index contributed by atoms with van der Waals surface area (Å²) in [6.07, 6.45) is 4.55. The number of carboxylic acids is 1. The number of nitrogens with one attached hydrogen (secondary N) is 2. The monoisotopic (exact) mass is 697 g/mol. The molecule has 0 radical (unpaired) electrons. The summed E-state index contributed by atoms with van der Waals surface area (Å²) in [5.74, 6) is 0.252. The summed E-state index contributed by atoms with van der Waals surface area (Å²) in [4.78, 5) is 27.5. The molecule has 4 N–H and O–H groups in total. The molecule has 0 spiro atoms. The Morgan fingerprint density at radius 1 is 1.00 bits per heavy atom. The van der Waals surface area contributed by atoms with E-state index in [1.807, 2.05) is 62.5 Å². The zero-order valence-electron chi connectivity index (χ0n) is 29.9. The number of aliphatic hydroxyl groups is 1. The van der Waals surface area contributed by atoms with Gasteiger partial charge < -0.3 is 25.3 Å². The smallest absolute Gasteiger partial charge is 0.304 e. The highest BCUT2D eigenvalue weighted by atomic mass is 16.4.